The Kier molecular flexibility index (Phi) is 5.22. The van der Waals surface area contributed by atoms with Crippen LogP contribution >= 0.6 is 0 Å². The summed E-state index contributed by atoms with van der Waals surface area (Å²) in [6, 6.07) is 1.28. The molecule has 2 fully saturated rings. The summed E-state index contributed by atoms with van der Waals surface area (Å²) < 4.78 is 0. The van der Waals surface area contributed by atoms with Gasteiger partial charge in [-0.05, 0) is 53.0 Å². The van der Waals surface area contributed by atoms with Crippen molar-refractivity contribution in [2.24, 2.45) is 0 Å². The molecule has 1 heterocycles. The second-order valence-corrected chi connectivity index (χ2v) is 5.91. The number of rotatable bonds is 7. The minimum atomic E-state index is 0.0369. The average molecular weight is 267 g/mol. The summed E-state index contributed by atoms with van der Waals surface area (Å²) in [5.74, 6) is 0.301. The Morgan fingerprint density at radius 1 is 1.26 bits per heavy atom. The molecule has 2 atom stereocenters. The number of carbonyl (C=O) groups excluding carboxylic acids is 1. The third kappa shape index (κ3) is 3.69. The molecule has 0 aromatic rings. The van der Waals surface area contributed by atoms with Crippen LogP contribution in [0, 0.1) is 0 Å². The smallest absolute Gasteiger partial charge is 0.239 e. The van der Waals surface area contributed by atoms with E-state index in [4.69, 9.17) is 0 Å². The Balaban J connectivity index is 1.95. The van der Waals surface area contributed by atoms with Crippen molar-refractivity contribution in [2.45, 2.75) is 64.6 Å². The standard InChI is InChI=1S/C15H29N3O/c1-4-17(5-2)15(19)12(3)18(14-8-9-14)11-13-7-6-10-16-13/h12-14,16H,4-11H2,1-3H3. The molecule has 0 spiro atoms. The molecule has 2 unspecified atom stereocenters. The van der Waals surface area contributed by atoms with Crippen LogP contribution < -0.4 is 5.32 Å². The highest BCUT2D eigenvalue weighted by Crippen LogP contribution is 2.30. The van der Waals surface area contributed by atoms with Crippen molar-refractivity contribution in [1.29, 1.82) is 0 Å². The van der Waals surface area contributed by atoms with Crippen LogP contribution in [0.15, 0.2) is 0 Å². The predicted molar refractivity (Wildman–Crippen MR) is 78.1 cm³/mol. The SMILES string of the molecule is CCN(CC)C(=O)C(C)N(CC1CCCN1)C1CC1. The van der Waals surface area contributed by atoms with E-state index in [1.165, 1.54) is 25.7 Å². The molecule has 0 radical (unpaired) electrons. The lowest BCUT2D eigenvalue weighted by molar-refractivity contribution is -0.136. The molecule has 0 aromatic heterocycles. The first-order chi connectivity index (χ1) is 9.17. The minimum absolute atomic E-state index is 0.0369. The Hall–Kier alpha value is -0.610. The molecule has 1 saturated carbocycles. The van der Waals surface area contributed by atoms with Gasteiger partial charge in [-0.1, -0.05) is 0 Å². The van der Waals surface area contributed by atoms with E-state index in [1.54, 1.807) is 0 Å². The molecule has 0 bridgehead atoms. The molecule has 110 valence electrons. The molecule has 1 aliphatic heterocycles. The Bertz CT molecular complexity index is 294. The summed E-state index contributed by atoms with van der Waals surface area (Å²) in [5, 5.41) is 3.55. The highest BCUT2D eigenvalue weighted by molar-refractivity contribution is 5.81. The first-order valence-corrected chi connectivity index (χ1v) is 7.95. The van der Waals surface area contributed by atoms with Crippen LogP contribution in [0.4, 0.5) is 0 Å². The van der Waals surface area contributed by atoms with Gasteiger partial charge in [0.2, 0.25) is 5.91 Å². The third-order valence-corrected chi connectivity index (χ3v) is 4.54. The maximum atomic E-state index is 12.5. The second-order valence-electron chi connectivity index (χ2n) is 5.91. The van der Waals surface area contributed by atoms with E-state index in [0.717, 1.165) is 26.2 Å². The molecule has 0 aromatic carbocycles. The minimum Gasteiger partial charge on any atom is -0.342 e. The fraction of sp³-hybridized carbons (Fsp3) is 0.933. The van der Waals surface area contributed by atoms with Gasteiger partial charge in [-0.2, -0.15) is 0 Å². The van der Waals surface area contributed by atoms with E-state index >= 15 is 0 Å². The molecule has 19 heavy (non-hydrogen) atoms. The first kappa shape index (κ1) is 14.8. The lowest BCUT2D eigenvalue weighted by Gasteiger charge is -2.33. The van der Waals surface area contributed by atoms with E-state index in [9.17, 15) is 4.79 Å². The summed E-state index contributed by atoms with van der Waals surface area (Å²) in [5.41, 5.74) is 0. The lowest BCUT2D eigenvalue weighted by Crippen LogP contribution is -2.51. The van der Waals surface area contributed by atoms with Gasteiger partial charge in [0.15, 0.2) is 0 Å². The van der Waals surface area contributed by atoms with Gasteiger partial charge < -0.3 is 10.2 Å². The molecule has 2 aliphatic rings. The maximum absolute atomic E-state index is 12.5. The average Bonchev–Trinajstić information content (AvgIpc) is 3.13. The van der Waals surface area contributed by atoms with Crippen LogP contribution in [-0.2, 0) is 4.79 Å². The molecule has 1 amide bonds. The molecule has 1 saturated heterocycles. The van der Waals surface area contributed by atoms with Gasteiger partial charge in [-0.15, -0.1) is 0 Å². The maximum Gasteiger partial charge on any atom is 0.239 e. The van der Waals surface area contributed by atoms with Gasteiger partial charge in [-0.3, -0.25) is 9.69 Å². The van der Waals surface area contributed by atoms with E-state index in [1.807, 2.05) is 4.90 Å². The number of carbonyl (C=O) groups is 1. The first-order valence-electron chi connectivity index (χ1n) is 7.95. The van der Waals surface area contributed by atoms with Crippen molar-refractivity contribution >= 4 is 5.91 Å². The van der Waals surface area contributed by atoms with Gasteiger partial charge in [0.1, 0.15) is 0 Å². The quantitative estimate of drug-likeness (QED) is 0.758. The van der Waals surface area contributed by atoms with Crippen LogP contribution in [0.3, 0.4) is 0 Å². The molecule has 1 N–H and O–H groups in total. The number of hydrogen-bond acceptors (Lipinski definition) is 3. The molecule has 4 nitrogen and oxygen atoms in total. The van der Waals surface area contributed by atoms with Crippen molar-refractivity contribution in [3.63, 3.8) is 0 Å². The number of amides is 1. The molecule has 2 rings (SSSR count). The zero-order chi connectivity index (χ0) is 13.8. The molecular formula is C15H29N3O. The second kappa shape index (κ2) is 6.71. The fourth-order valence-corrected chi connectivity index (χ4v) is 3.14. The molecule has 4 heteroatoms. The zero-order valence-corrected chi connectivity index (χ0v) is 12.7. The normalized spacial score (nSPS) is 24.7. The number of hydrogen-bond donors (Lipinski definition) is 1. The highest BCUT2D eigenvalue weighted by Gasteiger charge is 2.37. The number of likely N-dealkylation sites (N-methyl/N-ethyl adjacent to an activating group) is 1. The number of nitrogens with zero attached hydrogens (tertiary/aromatic N) is 2. The van der Waals surface area contributed by atoms with Crippen molar-refractivity contribution in [2.75, 3.05) is 26.2 Å². The van der Waals surface area contributed by atoms with Gasteiger partial charge in [0.05, 0.1) is 6.04 Å². The van der Waals surface area contributed by atoms with Crippen molar-refractivity contribution in [3.8, 4) is 0 Å². The van der Waals surface area contributed by atoms with Crippen LogP contribution in [0.1, 0.15) is 46.5 Å². The van der Waals surface area contributed by atoms with Crippen LogP contribution in [0.25, 0.3) is 0 Å². The predicted octanol–water partition coefficient (Wildman–Crippen LogP) is 1.46. The van der Waals surface area contributed by atoms with Crippen LogP contribution in [-0.4, -0.2) is 60.0 Å². The Labute approximate surface area is 117 Å². The summed E-state index contributed by atoms with van der Waals surface area (Å²) in [6.45, 7) is 10.0. The summed E-state index contributed by atoms with van der Waals surface area (Å²) in [4.78, 5) is 16.9. The zero-order valence-electron chi connectivity index (χ0n) is 12.7. The van der Waals surface area contributed by atoms with Gasteiger partial charge in [0.25, 0.3) is 0 Å². The van der Waals surface area contributed by atoms with Crippen molar-refractivity contribution < 1.29 is 4.79 Å². The largest absolute Gasteiger partial charge is 0.342 e. The highest BCUT2D eigenvalue weighted by atomic mass is 16.2. The van der Waals surface area contributed by atoms with Gasteiger partial charge in [0, 0.05) is 31.7 Å². The van der Waals surface area contributed by atoms with Crippen LogP contribution in [0.2, 0.25) is 0 Å². The van der Waals surface area contributed by atoms with Gasteiger partial charge in [-0.25, -0.2) is 0 Å². The summed E-state index contributed by atoms with van der Waals surface area (Å²) in [7, 11) is 0. The lowest BCUT2D eigenvalue weighted by atomic mass is 10.1. The van der Waals surface area contributed by atoms with E-state index in [2.05, 4.69) is 31.0 Å². The van der Waals surface area contributed by atoms with Crippen molar-refractivity contribution in [1.82, 2.24) is 15.1 Å². The Morgan fingerprint density at radius 2 is 1.95 bits per heavy atom. The summed E-state index contributed by atoms with van der Waals surface area (Å²) >= 11 is 0. The van der Waals surface area contributed by atoms with E-state index in [0.29, 0.717) is 18.0 Å². The fourth-order valence-electron chi connectivity index (χ4n) is 3.14. The van der Waals surface area contributed by atoms with Gasteiger partial charge >= 0.3 is 0 Å². The molecule has 1 aliphatic carbocycles. The summed E-state index contributed by atoms with van der Waals surface area (Å²) in [6.07, 6.45) is 5.07. The third-order valence-electron chi connectivity index (χ3n) is 4.54. The van der Waals surface area contributed by atoms with Crippen LogP contribution in [0.5, 0.6) is 0 Å². The number of nitrogens with one attached hydrogen (secondary N) is 1. The van der Waals surface area contributed by atoms with E-state index < -0.39 is 0 Å². The Morgan fingerprint density at radius 3 is 2.42 bits per heavy atom. The van der Waals surface area contributed by atoms with E-state index in [-0.39, 0.29) is 6.04 Å². The monoisotopic (exact) mass is 267 g/mol. The molecular weight excluding hydrogens is 238 g/mol. The van der Waals surface area contributed by atoms with Crippen molar-refractivity contribution in [3.05, 3.63) is 0 Å². The topological polar surface area (TPSA) is 35.6 Å².